The van der Waals surface area contributed by atoms with E-state index in [1.165, 1.54) is 12.4 Å². The van der Waals surface area contributed by atoms with Gasteiger partial charge in [-0.2, -0.15) is 0 Å². The Morgan fingerprint density at radius 1 is 1.00 bits per heavy atom. The highest BCUT2D eigenvalue weighted by Crippen LogP contribution is 2.26. The summed E-state index contributed by atoms with van der Waals surface area (Å²) in [5.74, 6) is -0.190. The summed E-state index contributed by atoms with van der Waals surface area (Å²) in [6, 6.07) is 17.9. The van der Waals surface area contributed by atoms with Crippen LogP contribution in [0.5, 0.6) is 6.01 Å². The monoisotopic (exact) mass is 457 g/mol. The molecule has 0 saturated heterocycles. The van der Waals surface area contributed by atoms with Gasteiger partial charge in [-0.25, -0.2) is 9.97 Å². The van der Waals surface area contributed by atoms with Crippen LogP contribution in [0.4, 0.5) is 0 Å². The van der Waals surface area contributed by atoms with E-state index in [-0.39, 0.29) is 23.9 Å². The standard InChI is InChI=1S/C24H25Cl2N3O2/c1-16(29-22(30)24(2,3)31-23-27-14-20(26)15-28-23)21(18-7-5-4-6-8-18)13-17-9-11-19(25)12-10-17/h4-12,14-16,21H,13H2,1-3H3,(H,29,30). The molecule has 31 heavy (non-hydrogen) atoms. The summed E-state index contributed by atoms with van der Waals surface area (Å²) in [7, 11) is 0. The average Bonchev–Trinajstić information content (AvgIpc) is 2.75. The van der Waals surface area contributed by atoms with Crippen LogP contribution in [0.3, 0.4) is 0 Å². The molecule has 3 aromatic rings. The molecule has 0 fully saturated rings. The van der Waals surface area contributed by atoms with Crippen LogP contribution in [0.15, 0.2) is 67.0 Å². The van der Waals surface area contributed by atoms with Crippen molar-refractivity contribution in [3.63, 3.8) is 0 Å². The number of halogens is 2. The molecular weight excluding hydrogens is 433 g/mol. The van der Waals surface area contributed by atoms with Crippen LogP contribution in [-0.4, -0.2) is 27.5 Å². The third kappa shape index (κ3) is 6.42. The molecule has 5 nitrogen and oxygen atoms in total. The highest BCUT2D eigenvalue weighted by molar-refractivity contribution is 6.30. The Kier molecular flexibility index (Phi) is 7.52. The molecule has 2 atom stereocenters. The smallest absolute Gasteiger partial charge is 0.317 e. The Labute approximate surface area is 192 Å². The van der Waals surface area contributed by atoms with E-state index in [9.17, 15) is 4.79 Å². The highest BCUT2D eigenvalue weighted by Gasteiger charge is 2.33. The summed E-state index contributed by atoms with van der Waals surface area (Å²) in [5, 5.41) is 4.21. The molecule has 1 heterocycles. The van der Waals surface area contributed by atoms with E-state index >= 15 is 0 Å². The number of benzene rings is 2. The van der Waals surface area contributed by atoms with Gasteiger partial charge in [0.1, 0.15) is 0 Å². The van der Waals surface area contributed by atoms with Crippen molar-refractivity contribution >= 4 is 29.1 Å². The van der Waals surface area contributed by atoms with Crippen LogP contribution in [0.1, 0.15) is 37.8 Å². The number of aromatic nitrogens is 2. The average molecular weight is 458 g/mol. The van der Waals surface area contributed by atoms with Gasteiger partial charge < -0.3 is 10.1 Å². The summed E-state index contributed by atoms with van der Waals surface area (Å²) in [6.45, 7) is 5.37. The quantitative estimate of drug-likeness (QED) is 0.486. The molecule has 1 aromatic heterocycles. The van der Waals surface area contributed by atoms with Crippen molar-refractivity contribution in [2.24, 2.45) is 0 Å². The second kappa shape index (κ2) is 10.1. The van der Waals surface area contributed by atoms with Crippen LogP contribution in [-0.2, 0) is 11.2 Å². The van der Waals surface area contributed by atoms with Gasteiger partial charge in [0, 0.05) is 17.0 Å². The molecule has 1 amide bonds. The predicted octanol–water partition coefficient (Wildman–Crippen LogP) is 5.47. The maximum Gasteiger partial charge on any atom is 0.317 e. The number of nitrogens with zero attached hydrogens (tertiary/aromatic N) is 2. The zero-order valence-corrected chi connectivity index (χ0v) is 19.2. The number of carbonyl (C=O) groups is 1. The van der Waals surface area contributed by atoms with Crippen LogP contribution < -0.4 is 10.1 Å². The van der Waals surface area contributed by atoms with E-state index in [2.05, 4.69) is 27.4 Å². The Morgan fingerprint density at radius 3 is 2.23 bits per heavy atom. The number of hydrogen-bond acceptors (Lipinski definition) is 4. The molecule has 0 aliphatic carbocycles. The van der Waals surface area contributed by atoms with Gasteiger partial charge in [0.25, 0.3) is 5.91 Å². The normalized spacial score (nSPS) is 13.3. The summed E-state index contributed by atoms with van der Waals surface area (Å²) in [4.78, 5) is 21.1. The molecule has 0 radical (unpaired) electrons. The van der Waals surface area contributed by atoms with Gasteiger partial charge in [-0.1, -0.05) is 65.7 Å². The minimum atomic E-state index is -1.16. The summed E-state index contributed by atoms with van der Waals surface area (Å²) in [5.41, 5.74) is 1.12. The summed E-state index contributed by atoms with van der Waals surface area (Å²) in [6.07, 6.45) is 3.61. The largest absolute Gasteiger partial charge is 0.447 e. The van der Waals surface area contributed by atoms with Crippen molar-refractivity contribution in [2.75, 3.05) is 0 Å². The van der Waals surface area contributed by atoms with Crippen LogP contribution >= 0.6 is 23.2 Å². The van der Waals surface area contributed by atoms with Crippen molar-refractivity contribution in [1.82, 2.24) is 15.3 Å². The molecule has 0 spiro atoms. The number of amides is 1. The second-order valence-corrected chi connectivity index (χ2v) is 8.78. The fourth-order valence-electron chi connectivity index (χ4n) is 3.27. The number of ether oxygens (including phenoxy) is 1. The van der Waals surface area contributed by atoms with E-state index in [0.717, 1.165) is 17.5 Å². The number of carbonyl (C=O) groups excluding carboxylic acids is 1. The lowest BCUT2D eigenvalue weighted by Crippen LogP contribution is -2.51. The van der Waals surface area contributed by atoms with Gasteiger partial charge in [-0.15, -0.1) is 0 Å². The van der Waals surface area contributed by atoms with Crippen molar-refractivity contribution < 1.29 is 9.53 Å². The van der Waals surface area contributed by atoms with E-state index in [4.69, 9.17) is 27.9 Å². The lowest BCUT2D eigenvalue weighted by Gasteiger charge is -2.30. The van der Waals surface area contributed by atoms with Crippen molar-refractivity contribution in [3.8, 4) is 6.01 Å². The fourth-order valence-corrected chi connectivity index (χ4v) is 3.49. The topological polar surface area (TPSA) is 64.1 Å². The van der Waals surface area contributed by atoms with E-state index in [0.29, 0.717) is 10.0 Å². The molecule has 2 aromatic carbocycles. The Morgan fingerprint density at radius 2 is 1.61 bits per heavy atom. The number of hydrogen-bond donors (Lipinski definition) is 1. The van der Waals surface area contributed by atoms with Crippen molar-refractivity contribution in [3.05, 3.63) is 88.2 Å². The minimum Gasteiger partial charge on any atom is -0.447 e. The van der Waals surface area contributed by atoms with Gasteiger partial charge in [-0.05, 0) is 50.5 Å². The molecule has 7 heteroatoms. The van der Waals surface area contributed by atoms with Crippen LogP contribution in [0.2, 0.25) is 10.0 Å². The zero-order valence-electron chi connectivity index (χ0n) is 17.7. The molecule has 162 valence electrons. The van der Waals surface area contributed by atoms with Gasteiger partial charge in [-0.3, -0.25) is 4.79 Å². The Hall–Kier alpha value is -2.63. The third-order valence-corrected chi connectivity index (χ3v) is 5.50. The lowest BCUT2D eigenvalue weighted by molar-refractivity contribution is -0.135. The summed E-state index contributed by atoms with van der Waals surface area (Å²) < 4.78 is 5.73. The second-order valence-electron chi connectivity index (χ2n) is 7.91. The Balaban J connectivity index is 1.75. The fraction of sp³-hybridized carbons (Fsp3) is 0.292. The first-order valence-electron chi connectivity index (χ1n) is 10.0. The maximum absolute atomic E-state index is 13.0. The van der Waals surface area contributed by atoms with E-state index in [1.807, 2.05) is 49.4 Å². The molecule has 2 unspecified atom stereocenters. The van der Waals surface area contributed by atoms with Crippen LogP contribution in [0, 0.1) is 0 Å². The highest BCUT2D eigenvalue weighted by atomic mass is 35.5. The van der Waals surface area contributed by atoms with Gasteiger partial charge in [0.15, 0.2) is 5.60 Å². The van der Waals surface area contributed by atoms with Gasteiger partial charge >= 0.3 is 6.01 Å². The number of rotatable bonds is 8. The van der Waals surface area contributed by atoms with Gasteiger partial charge in [0.05, 0.1) is 17.4 Å². The number of nitrogens with one attached hydrogen (secondary N) is 1. The molecular formula is C24H25Cl2N3O2. The first-order valence-corrected chi connectivity index (χ1v) is 10.8. The van der Waals surface area contributed by atoms with E-state index < -0.39 is 5.60 Å². The SMILES string of the molecule is CC(NC(=O)C(C)(C)Oc1ncc(Cl)cn1)C(Cc1ccc(Cl)cc1)c1ccccc1. The van der Waals surface area contributed by atoms with Crippen molar-refractivity contribution in [1.29, 1.82) is 0 Å². The predicted molar refractivity (Wildman–Crippen MR) is 124 cm³/mol. The molecule has 0 aliphatic heterocycles. The first kappa shape index (κ1) is 23.0. The molecule has 0 saturated carbocycles. The Bertz CT molecular complexity index is 994. The molecule has 1 N–H and O–H groups in total. The molecule has 0 aliphatic rings. The summed E-state index contributed by atoms with van der Waals surface area (Å²) >= 11 is 11.8. The molecule has 0 bridgehead atoms. The van der Waals surface area contributed by atoms with Gasteiger partial charge in [0.2, 0.25) is 0 Å². The van der Waals surface area contributed by atoms with E-state index in [1.54, 1.807) is 13.8 Å². The van der Waals surface area contributed by atoms with Crippen LogP contribution in [0.25, 0.3) is 0 Å². The molecule has 3 rings (SSSR count). The minimum absolute atomic E-state index is 0.0638. The zero-order chi connectivity index (χ0) is 22.4. The third-order valence-electron chi connectivity index (χ3n) is 5.05. The first-order chi connectivity index (χ1) is 14.7. The van der Waals surface area contributed by atoms with Crippen molar-refractivity contribution in [2.45, 2.75) is 44.8 Å². The maximum atomic E-state index is 13.0. The lowest BCUT2D eigenvalue weighted by atomic mass is 9.86.